The molecular formula is C19H20F3N3O4. The topological polar surface area (TPSA) is 70.2 Å². The van der Waals surface area contributed by atoms with E-state index >= 15 is 0 Å². The third-order valence-electron chi connectivity index (χ3n) is 5.32. The molecule has 3 aliphatic heterocycles. The molecule has 7 nitrogen and oxygen atoms in total. The Kier molecular flexibility index (Phi) is 4.11. The summed E-state index contributed by atoms with van der Waals surface area (Å²) in [7, 11) is 0. The van der Waals surface area contributed by atoms with Crippen molar-refractivity contribution in [1.82, 2.24) is 9.80 Å². The number of amides is 4. The highest BCUT2D eigenvalue weighted by atomic mass is 19.4. The van der Waals surface area contributed by atoms with Crippen LogP contribution < -0.4 is 4.90 Å². The first kappa shape index (κ1) is 19.5. The summed E-state index contributed by atoms with van der Waals surface area (Å²) in [6, 6.07) is 1.62. The number of ether oxygens (including phenoxy) is 1. The average Bonchev–Trinajstić information content (AvgIpc) is 3.24. The normalized spacial score (nSPS) is 26.4. The lowest BCUT2D eigenvalue weighted by molar-refractivity contribution is -0.137. The summed E-state index contributed by atoms with van der Waals surface area (Å²) in [4.78, 5) is 42.0. The fourth-order valence-electron chi connectivity index (χ4n) is 4.25. The van der Waals surface area contributed by atoms with Gasteiger partial charge in [-0.3, -0.25) is 4.79 Å². The molecule has 156 valence electrons. The Labute approximate surface area is 165 Å². The molecule has 29 heavy (non-hydrogen) atoms. The van der Waals surface area contributed by atoms with Gasteiger partial charge in [-0.25, -0.2) is 14.5 Å². The number of hydrogen-bond acceptors (Lipinski definition) is 4. The van der Waals surface area contributed by atoms with Crippen LogP contribution in [0.1, 0.15) is 32.8 Å². The Morgan fingerprint density at radius 2 is 1.86 bits per heavy atom. The van der Waals surface area contributed by atoms with Gasteiger partial charge in [0.05, 0.1) is 23.3 Å². The third-order valence-corrected chi connectivity index (χ3v) is 5.32. The zero-order valence-corrected chi connectivity index (χ0v) is 16.1. The van der Waals surface area contributed by atoms with Crippen LogP contribution in [0.4, 0.5) is 28.4 Å². The van der Waals surface area contributed by atoms with E-state index in [1.54, 1.807) is 20.8 Å². The number of piperazine rings is 1. The predicted octanol–water partition coefficient (Wildman–Crippen LogP) is 3.23. The van der Waals surface area contributed by atoms with Gasteiger partial charge in [0, 0.05) is 6.54 Å². The minimum absolute atomic E-state index is 0.132. The molecule has 0 N–H and O–H groups in total. The van der Waals surface area contributed by atoms with Gasteiger partial charge in [0.15, 0.2) is 0 Å². The number of anilines is 1. The maximum absolute atomic E-state index is 13.0. The van der Waals surface area contributed by atoms with E-state index < -0.39 is 47.5 Å². The lowest BCUT2D eigenvalue weighted by atomic mass is 10.1. The highest BCUT2D eigenvalue weighted by Gasteiger charge is 2.63. The molecule has 3 saturated heterocycles. The Bertz CT molecular complexity index is 895. The Morgan fingerprint density at radius 1 is 1.17 bits per heavy atom. The number of imide groups is 1. The maximum Gasteiger partial charge on any atom is 0.416 e. The zero-order chi connectivity index (χ0) is 21.3. The van der Waals surface area contributed by atoms with E-state index in [0.29, 0.717) is 6.42 Å². The van der Waals surface area contributed by atoms with E-state index in [1.165, 1.54) is 15.9 Å². The van der Waals surface area contributed by atoms with Gasteiger partial charge in [0.2, 0.25) is 0 Å². The van der Waals surface area contributed by atoms with Crippen molar-refractivity contribution in [2.45, 2.75) is 57.1 Å². The van der Waals surface area contributed by atoms with Gasteiger partial charge in [-0.05, 0) is 45.4 Å². The van der Waals surface area contributed by atoms with Gasteiger partial charge in [0.25, 0.3) is 5.91 Å². The van der Waals surface area contributed by atoms with Crippen LogP contribution in [0.25, 0.3) is 0 Å². The average molecular weight is 411 g/mol. The zero-order valence-electron chi connectivity index (χ0n) is 16.1. The van der Waals surface area contributed by atoms with Crippen LogP contribution in [0.2, 0.25) is 0 Å². The second-order valence-corrected chi connectivity index (χ2v) is 8.45. The molecule has 0 saturated carbocycles. The summed E-state index contributed by atoms with van der Waals surface area (Å²) in [5.41, 5.74) is -1.79. The number of halogens is 3. The largest absolute Gasteiger partial charge is 0.444 e. The van der Waals surface area contributed by atoms with Gasteiger partial charge < -0.3 is 14.5 Å². The molecule has 0 spiro atoms. The van der Waals surface area contributed by atoms with Crippen molar-refractivity contribution in [1.29, 1.82) is 0 Å². The number of carbonyl (C=O) groups excluding carboxylic acids is 3. The smallest absolute Gasteiger partial charge is 0.416 e. The molecule has 1 aromatic carbocycles. The molecule has 1 aromatic rings. The highest BCUT2D eigenvalue weighted by Crippen LogP contribution is 2.43. The van der Waals surface area contributed by atoms with Crippen molar-refractivity contribution < 1.29 is 32.3 Å². The monoisotopic (exact) mass is 411 g/mol. The van der Waals surface area contributed by atoms with Crippen molar-refractivity contribution >= 4 is 23.7 Å². The summed E-state index contributed by atoms with van der Waals surface area (Å²) in [6.45, 7) is 5.41. The summed E-state index contributed by atoms with van der Waals surface area (Å²) < 4.78 is 44.5. The molecule has 3 aliphatic rings. The standard InChI is InChI=1S/C19H20F3N3O4/c1-18(2,3)29-17(28)23-9-12-8-13(23)14-15(26)25(16(27)24(12)14)11-6-4-5-10(7-11)19(20,21)22/h4-7,12-14H,8-9H2,1-3H3/t12-,13?,14-/m1/s1. The number of carbonyl (C=O) groups is 3. The summed E-state index contributed by atoms with van der Waals surface area (Å²) in [5, 5.41) is 0. The molecule has 3 atom stereocenters. The number of nitrogens with zero attached hydrogens (tertiary/aromatic N) is 3. The summed E-state index contributed by atoms with van der Waals surface area (Å²) >= 11 is 0. The van der Waals surface area contributed by atoms with E-state index in [2.05, 4.69) is 0 Å². The SMILES string of the molecule is CC(C)(C)OC(=O)N1C[C@H]2CC1[C@@H]1C(=O)N(c3cccc(C(F)(F)F)c3)C(=O)N21. The predicted molar refractivity (Wildman–Crippen MR) is 95.1 cm³/mol. The van der Waals surface area contributed by atoms with Crippen LogP contribution in [-0.2, 0) is 15.7 Å². The Balaban J connectivity index is 1.61. The first-order valence-electron chi connectivity index (χ1n) is 9.21. The lowest BCUT2D eigenvalue weighted by Crippen LogP contribution is -2.55. The van der Waals surface area contributed by atoms with Gasteiger partial charge >= 0.3 is 18.3 Å². The molecule has 0 aromatic heterocycles. The van der Waals surface area contributed by atoms with Crippen molar-refractivity contribution in [3.05, 3.63) is 29.8 Å². The number of alkyl halides is 3. The minimum atomic E-state index is -4.59. The van der Waals surface area contributed by atoms with Crippen LogP contribution in [0.3, 0.4) is 0 Å². The number of fused-ring (bicyclic) bond motifs is 5. The highest BCUT2D eigenvalue weighted by molar-refractivity contribution is 6.22. The fraction of sp³-hybridized carbons (Fsp3) is 0.526. The maximum atomic E-state index is 13.0. The molecular weight excluding hydrogens is 391 g/mol. The van der Waals surface area contributed by atoms with Crippen molar-refractivity contribution in [2.75, 3.05) is 11.4 Å². The second-order valence-electron chi connectivity index (χ2n) is 8.45. The fourth-order valence-corrected chi connectivity index (χ4v) is 4.25. The van der Waals surface area contributed by atoms with Crippen LogP contribution in [-0.4, -0.2) is 58.1 Å². The number of hydrogen-bond donors (Lipinski definition) is 0. The number of likely N-dealkylation sites (tertiary alicyclic amines) is 1. The molecule has 3 heterocycles. The van der Waals surface area contributed by atoms with Gasteiger partial charge in [-0.1, -0.05) is 6.07 Å². The van der Waals surface area contributed by atoms with Gasteiger partial charge in [-0.2, -0.15) is 13.2 Å². The molecule has 0 radical (unpaired) electrons. The third kappa shape index (κ3) is 3.10. The van der Waals surface area contributed by atoms with E-state index in [1.807, 2.05) is 0 Å². The van der Waals surface area contributed by atoms with Crippen LogP contribution >= 0.6 is 0 Å². The van der Waals surface area contributed by atoms with Gasteiger partial charge in [0.1, 0.15) is 11.6 Å². The van der Waals surface area contributed by atoms with Crippen molar-refractivity contribution in [2.24, 2.45) is 0 Å². The molecule has 10 heteroatoms. The van der Waals surface area contributed by atoms with Crippen molar-refractivity contribution in [3.63, 3.8) is 0 Å². The summed E-state index contributed by atoms with van der Waals surface area (Å²) in [6.07, 6.45) is -4.72. The minimum Gasteiger partial charge on any atom is -0.444 e. The Morgan fingerprint density at radius 3 is 2.48 bits per heavy atom. The molecule has 0 aliphatic carbocycles. The van der Waals surface area contributed by atoms with Crippen LogP contribution in [0.15, 0.2) is 24.3 Å². The molecule has 3 fully saturated rings. The molecule has 4 amide bonds. The number of urea groups is 1. The van der Waals surface area contributed by atoms with E-state index in [-0.39, 0.29) is 18.3 Å². The Hall–Kier alpha value is -2.78. The van der Waals surface area contributed by atoms with E-state index in [9.17, 15) is 27.6 Å². The second kappa shape index (κ2) is 6.11. The van der Waals surface area contributed by atoms with E-state index in [4.69, 9.17) is 4.74 Å². The molecule has 1 unspecified atom stereocenters. The van der Waals surface area contributed by atoms with Gasteiger partial charge in [-0.15, -0.1) is 0 Å². The lowest BCUT2D eigenvalue weighted by Gasteiger charge is -2.35. The molecule has 2 bridgehead atoms. The van der Waals surface area contributed by atoms with Crippen molar-refractivity contribution in [3.8, 4) is 0 Å². The first-order valence-corrected chi connectivity index (χ1v) is 9.21. The quantitative estimate of drug-likeness (QED) is 0.666. The number of rotatable bonds is 1. The molecule has 4 rings (SSSR count). The summed E-state index contributed by atoms with van der Waals surface area (Å²) in [5.74, 6) is -0.630. The first-order chi connectivity index (χ1) is 13.4. The van der Waals surface area contributed by atoms with Crippen LogP contribution in [0, 0.1) is 0 Å². The van der Waals surface area contributed by atoms with E-state index in [0.717, 1.165) is 23.1 Å². The number of benzene rings is 1. The van der Waals surface area contributed by atoms with Crippen LogP contribution in [0.5, 0.6) is 0 Å².